The van der Waals surface area contributed by atoms with Crippen molar-refractivity contribution in [2.45, 2.75) is 26.2 Å². The third-order valence-electron chi connectivity index (χ3n) is 7.24. The van der Waals surface area contributed by atoms with Gasteiger partial charge in [-0.05, 0) is 103 Å². The van der Waals surface area contributed by atoms with Gasteiger partial charge in [-0.1, -0.05) is 35.3 Å². The van der Waals surface area contributed by atoms with Crippen LogP contribution in [-0.4, -0.2) is 95.5 Å². The zero-order valence-electron chi connectivity index (χ0n) is 28.2. The maximum atomic E-state index is 14.7. The lowest BCUT2D eigenvalue weighted by molar-refractivity contribution is 0.0690. The molecule has 0 fully saturated rings. The molecule has 14 heteroatoms. The molecule has 0 saturated heterocycles. The van der Waals surface area contributed by atoms with E-state index in [1.54, 1.807) is 12.1 Å². The van der Waals surface area contributed by atoms with Crippen LogP contribution < -0.4 is 15.0 Å². The second kappa shape index (κ2) is 16.6. The van der Waals surface area contributed by atoms with Crippen molar-refractivity contribution >= 4 is 60.8 Å². The van der Waals surface area contributed by atoms with Gasteiger partial charge in [0.25, 0.3) is 0 Å². The maximum Gasteiger partial charge on any atom is 0.355 e. The summed E-state index contributed by atoms with van der Waals surface area (Å²) in [6.07, 6.45) is 1.66. The van der Waals surface area contributed by atoms with Crippen LogP contribution in [0.5, 0.6) is 5.75 Å². The molecule has 0 unspecified atom stereocenters. The van der Waals surface area contributed by atoms with Crippen molar-refractivity contribution < 1.29 is 19.0 Å². The van der Waals surface area contributed by atoms with Crippen molar-refractivity contribution in [2.24, 2.45) is 0 Å². The Morgan fingerprint density at radius 3 is 2.53 bits per heavy atom. The Morgan fingerprint density at radius 1 is 1.00 bits per heavy atom. The number of hydrogen-bond acceptors (Lipinski definition) is 12. The van der Waals surface area contributed by atoms with Crippen LogP contribution in [0.4, 0.5) is 26.3 Å². The standard InChI is InChI=1S/C35H39FN8O3S2/c1-23-21-30(40-41-32(23)39-34-37-26-12-6-7-13-28(26)48-34)44(19-10-18-43(4)5)35-38-31(33(45)46)29(49-35)14-9-20-47-27-16-15-24(22-25(27)36)11-8-17-42(2)3/h6-7,12-13,15-16,21-22H,9-10,14,17-20H2,1-5H3,(H,45,46)(H,37,39,41). The van der Waals surface area contributed by atoms with Gasteiger partial charge in [-0.15, -0.1) is 21.5 Å². The normalized spacial score (nSPS) is 11.2. The molecule has 0 bridgehead atoms. The van der Waals surface area contributed by atoms with E-state index < -0.39 is 11.8 Å². The average Bonchev–Trinajstić information content (AvgIpc) is 3.67. The maximum absolute atomic E-state index is 14.7. The number of ether oxygens (including phenoxy) is 1. The molecular weight excluding hydrogens is 664 g/mol. The Balaban J connectivity index is 1.29. The summed E-state index contributed by atoms with van der Waals surface area (Å²) in [6.45, 7) is 4.10. The van der Waals surface area contributed by atoms with Gasteiger partial charge in [-0.2, -0.15) is 0 Å². The fourth-order valence-electron chi connectivity index (χ4n) is 4.81. The number of thiazole rings is 2. The number of carboxylic acids is 1. The molecule has 0 aliphatic rings. The number of nitrogens with zero attached hydrogens (tertiary/aromatic N) is 7. The largest absolute Gasteiger partial charge is 0.491 e. The van der Waals surface area contributed by atoms with Gasteiger partial charge < -0.3 is 25.0 Å². The van der Waals surface area contributed by atoms with E-state index in [2.05, 4.69) is 42.2 Å². The highest BCUT2D eigenvalue weighted by atomic mass is 32.1. The highest BCUT2D eigenvalue weighted by Crippen LogP contribution is 2.34. The van der Waals surface area contributed by atoms with Crippen LogP contribution in [0.15, 0.2) is 48.5 Å². The molecule has 11 nitrogen and oxygen atoms in total. The number of para-hydroxylation sites is 1. The molecule has 0 aliphatic carbocycles. The summed E-state index contributed by atoms with van der Waals surface area (Å²) >= 11 is 2.84. The predicted molar refractivity (Wildman–Crippen MR) is 195 cm³/mol. The van der Waals surface area contributed by atoms with Crippen molar-refractivity contribution in [3.63, 3.8) is 0 Å². The molecule has 0 atom stereocenters. The van der Waals surface area contributed by atoms with Crippen LogP contribution >= 0.6 is 22.7 Å². The minimum absolute atomic E-state index is 0.0109. The Bertz CT molecular complexity index is 1930. The molecule has 0 saturated carbocycles. The third-order valence-corrected chi connectivity index (χ3v) is 9.33. The number of benzene rings is 2. The van der Waals surface area contributed by atoms with E-state index in [1.807, 2.05) is 75.2 Å². The van der Waals surface area contributed by atoms with E-state index >= 15 is 0 Å². The van der Waals surface area contributed by atoms with Crippen LogP contribution in [0.25, 0.3) is 10.2 Å². The monoisotopic (exact) mass is 702 g/mol. The van der Waals surface area contributed by atoms with Gasteiger partial charge in [0.2, 0.25) is 0 Å². The first-order valence-electron chi connectivity index (χ1n) is 15.8. The summed E-state index contributed by atoms with van der Waals surface area (Å²) in [5, 5.41) is 23.6. The predicted octanol–water partition coefficient (Wildman–Crippen LogP) is 6.45. The molecule has 0 aliphatic heterocycles. The van der Waals surface area contributed by atoms with Crippen molar-refractivity contribution in [1.29, 1.82) is 0 Å². The summed E-state index contributed by atoms with van der Waals surface area (Å²) < 4.78 is 21.4. The third kappa shape index (κ3) is 9.70. The van der Waals surface area contributed by atoms with Gasteiger partial charge >= 0.3 is 5.97 Å². The van der Waals surface area contributed by atoms with Crippen molar-refractivity contribution in [3.8, 4) is 17.6 Å². The summed E-state index contributed by atoms with van der Waals surface area (Å²) in [5.41, 5.74) is 2.33. The van der Waals surface area contributed by atoms with Crippen LogP contribution in [0.3, 0.4) is 0 Å². The van der Waals surface area contributed by atoms with Crippen molar-refractivity contribution in [1.82, 2.24) is 30.0 Å². The number of nitrogens with one attached hydrogen (secondary N) is 1. The minimum atomic E-state index is -1.11. The molecule has 5 aromatic rings. The minimum Gasteiger partial charge on any atom is -0.491 e. The first kappa shape index (κ1) is 35.6. The smallest absolute Gasteiger partial charge is 0.355 e. The SMILES string of the molecule is Cc1cc(N(CCCN(C)C)c2nc(C(=O)O)c(CCCOc3ccc(C#CCN(C)C)cc3F)s2)nnc1Nc1nc2ccccc2s1. The molecule has 49 heavy (non-hydrogen) atoms. The van der Waals surface area contributed by atoms with E-state index in [9.17, 15) is 14.3 Å². The zero-order chi connectivity index (χ0) is 34.9. The van der Waals surface area contributed by atoms with Crippen LogP contribution in [0, 0.1) is 24.6 Å². The first-order valence-corrected chi connectivity index (χ1v) is 17.4. The molecule has 0 amide bonds. The summed E-state index contributed by atoms with van der Waals surface area (Å²) in [5.74, 6) is 5.61. The lowest BCUT2D eigenvalue weighted by Gasteiger charge is -2.22. The molecule has 2 N–H and O–H groups in total. The number of hydrogen-bond donors (Lipinski definition) is 2. The van der Waals surface area contributed by atoms with Gasteiger partial charge in [-0.3, -0.25) is 4.90 Å². The fourth-order valence-corrected chi connectivity index (χ4v) is 6.80. The van der Waals surface area contributed by atoms with Crippen molar-refractivity contribution in [2.75, 3.05) is 64.6 Å². The molecule has 3 heterocycles. The molecule has 3 aromatic heterocycles. The van der Waals surface area contributed by atoms with Crippen molar-refractivity contribution in [3.05, 3.63) is 76.0 Å². The summed E-state index contributed by atoms with van der Waals surface area (Å²) in [4.78, 5) is 28.0. The number of aryl methyl sites for hydroxylation is 2. The number of aromatic carboxylic acids is 1. The van der Waals surface area contributed by atoms with E-state index in [0.717, 1.165) is 33.9 Å². The van der Waals surface area contributed by atoms with Gasteiger partial charge in [0, 0.05) is 17.0 Å². The Morgan fingerprint density at radius 2 is 1.82 bits per heavy atom. The van der Waals surface area contributed by atoms with Gasteiger partial charge in [0.05, 0.1) is 23.4 Å². The number of carbonyl (C=O) groups is 1. The molecular formula is C35H39FN8O3S2. The molecule has 5 rings (SSSR count). The Kier molecular flexibility index (Phi) is 12.1. The Labute approximate surface area is 293 Å². The zero-order valence-corrected chi connectivity index (χ0v) is 29.8. The number of aromatic nitrogens is 4. The number of fused-ring (bicyclic) bond motifs is 1. The van der Waals surface area contributed by atoms with Crippen LogP contribution in [0.2, 0.25) is 0 Å². The lowest BCUT2D eigenvalue weighted by atomic mass is 10.2. The van der Waals surface area contributed by atoms with Gasteiger partial charge in [-0.25, -0.2) is 19.2 Å². The second-order valence-electron chi connectivity index (χ2n) is 11.9. The summed E-state index contributed by atoms with van der Waals surface area (Å²) in [7, 11) is 7.84. The molecule has 256 valence electrons. The quantitative estimate of drug-likeness (QED) is 0.0926. The number of halogens is 1. The highest BCUT2D eigenvalue weighted by Gasteiger charge is 2.23. The van der Waals surface area contributed by atoms with E-state index in [1.165, 1.54) is 28.7 Å². The van der Waals surface area contributed by atoms with Crippen LogP contribution in [0.1, 0.15) is 39.3 Å². The van der Waals surface area contributed by atoms with Gasteiger partial charge in [0.1, 0.15) is 0 Å². The lowest BCUT2D eigenvalue weighted by Crippen LogP contribution is -2.24. The number of rotatable bonds is 15. The van der Waals surface area contributed by atoms with E-state index in [4.69, 9.17) is 4.74 Å². The number of anilines is 4. The van der Waals surface area contributed by atoms with Gasteiger partial charge in [0.15, 0.2) is 39.2 Å². The van der Waals surface area contributed by atoms with E-state index in [0.29, 0.717) is 53.1 Å². The molecule has 0 radical (unpaired) electrons. The Hall–Kier alpha value is -4.68. The average molecular weight is 703 g/mol. The van der Waals surface area contributed by atoms with Crippen LogP contribution in [-0.2, 0) is 6.42 Å². The highest BCUT2D eigenvalue weighted by molar-refractivity contribution is 7.22. The first-order chi connectivity index (χ1) is 23.6. The molecule has 2 aromatic carbocycles. The number of carboxylic acid groups (broad SMARTS) is 1. The molecule has 0 spiro atoms. The topological polar surface area (TPSA) is 120 Å². The fraction of sp³-hybridized carbons (Fsp3) is 0.343. The van der Waals surface area contributed by atoms with E-state index in [-0.39, 0.29) is 18.1 Å². The summed E-state index contributed by atoms with van der Waals surface area (Å²) in [6, 6.07) is 14.5. The second-order valence-corrected chi connectivity index (χ2v) is 14.0.